The zero-order valence-electron chi connectivity index (χ0n) is 13.3. The van der Waals surface area contributed by atoms with E-state index >= 15 is 0 Å². The molecule has 8 nitrogen and oxygen atoms in total. The number of carbonyl (C=O) groups excluding carboxylic acids is 1. The lowest BCUT2D eigenvalue weighted by molar-refractivity contribution is 0.0907. The molecule has 0 aliphatic carbocycles. The molecule has 2 heterocycles. The highest BCUT2D eigenvalue weighted by Crippen LogP contribution is 2.18. The molecule has 1 N–H and O–H groups in total. The lowest BCUT2D eigenvalue weighted by Gasteiger charge is -2.01. The van der Waals surface area contributed by atoms with E-state index in [9.17, 15) is 13.2 Å². The van der Waals surface area contributed by atoms with Gasteiger partial charge < -0.3 is 9.84 Å². The second kappa shape index (κ2) is 7.63. The summed E-state index contributed by atoms with van der Waals surface area (Å²) in [6, 6.07) is 9.22. The Kier molecular flexibility index (Phi) is 5.29. The van der Waals surface area contributed by atoms with Crippen LogP contribution in [0.25, 0.3) is 0 Å². The first-order valence-electron chi connectivity index (χ1n) is 7.42. The molecule has 0 aliphatic heterocycles. The zero-order valence-corrected chi connectivity index (χ0v) is 14.9. The smallest absolute Gasteiger partial charge is 0.315 e. The summed E-state index contributed by atoms with van der Waals surface area (Å²) in [5.41, 5.74) is 0.846. The van der Waals surface area contributed by atoms with Gasteiger partial charge in [-0.1, -0.05) is 16.8 Å². The molecule has 0 bridgehead atoms. The highest BCUT2D eigenvalue weighted by molar-refractivity contribution is 7.90. The average molecular weight is 393 g/mol. The summed E-state index contributed by atoms with van der Waals surface area (Å²) < 4.78 is 29.5. The first kappa shape index (κ1) is 18.0. The maximum Gasteiger partial charge on any atom is 0.315 e. The number of sulfone groups is 1. The molecule has 0 radical (unpaired) electrons. The van der Waals surface area contributed by atoms with E-state index in [4.69, 9.17) is 16.1 Å². The average Bonchev–Trinajstić information content (AvgIpc) is 3.09. The predicted octanol–water partition coefficient (Wildman–Crippen LogP) is 2.02. The van der Waals surface area contributed by atoms with E-state index in [0.717, 1.165) is 5.56 Å². The number of nitrogens with one attached hydrogen (secondary N) is 1. The van der Waals surface area contributed by atoms with Gasteiger partial charge in [-0.2, -0.15) is 4.98 Å². The molecule has 3 rings (SSSR count). The SMILES string of the molecule is O=C(NCc1ccncc1)c1nc(CS(=O)(=O)c2ccc(Cl)cc2)no1. The van der Waals surface area contributed by atoms with Crippen LogP contribution in [0.15, 0.2) is 58.2 Å². The number of pyridine rings is 1. The van der Waals surface area contributed by atoms with E-state index in [1.54, 1.807) is 24.5 Å². The third kappa shape index (κ3) is 4.44. The molecule has 134 valence electrons. The van der Waals surface area contributed by atoms with Gasteiger partial charge in [0.2, 0.25) is 0 Å². The lowest BCUT2D eigenvalue weighted by atomic mass is 10.3. The van der Waals surface area contributed by atoms with Gasteiger partial charge in [-0.15, -0.1) is 0 Å². The summed E-state index contributed by atoms with van der Waals surface area (Å²) in [7, 11) is -3.68. The molecule has 0 unspecified atom stereocenters. The van der Waals surface area contributed by atoms with Crippen molar-refractivity contribution in [3.05, 3.63) is 71.1 Å². The highest BCUT2D eigenvalue weighted by Gasteiger charge is 2.21. The van der Waals surface area contributed by atoms with Crippen LogP contribution in [-0.2, 0) is 22.1 Å². The molecule has 0 spiro atoms. The van der Waals surface area contributed by atoms with Crippen LogP contribution in [0.2, 0.25) is 5.02 Å². The summed E-state index contributed by atoms with van der Waals surface area (Å²) in [6.07, 6.45) is 3.21. The molecule has 0 saturated carbocycles. The lowest BCUT2D eigenvalue weighted by Crippen LogP contribution is -2.23. The van der Waals surface area contributed by atoms with Gasteiger partial charge in [0.1, 0.15) is 5.75 Å². The number of benzene rings is 1. The number of hydrogen-bond acceptors (Lipinski definition) is 7. The van der Waals surface area contributed by atoms with Crippen LogP contribution in [0.1, 0.15) is 22.1 Å². The first-order chi connectivity index (χ1) is 12.4. The summed E-state index contributed by atoms with van der Waals surface area (Å²) in [5, 5.41) is 6.59. The molecular formula is C16H13ClN4O4S. The van der Waals surface area contributed by atoms with Crippen molar-refractivity contribution in [3.63, 3.8) is 0 Å². The van der Waals surface area contributed by atoms with E-state index in [0.29, 0.717) is 5.02 Å². The van der Waals surface area contributed by atoms with Crippen molar-refractivity contribution < 1.29 is 17.7 Å². The minimum absolute atomic E-state index is 0.0791. The van der Waals surface area contributed by atoms with Crippen LogP contribution >= 0.6 is 11.6 Å². The summed E-state index contributed by atoms with van der Waals surface area (Å²) in [5.74, 6) is -1.49. The zero-order chi connectivity index (χ0) is 18.6. The third-order valence-corrected chi connectivity index (χ3v) is 5.24. The number of hydrogen-bond donors (Lipinski definition) is 1. The topological polar surface area (TPSA) is 115 Å². The number of carbonyl (C=O) groups is 1. The first-order valence-corrected chi connectivity index (χ1v) is 9.45. The van der Waals surface area contributed by atoms with E-state index in [2.05, 4.69) is 20.4 Å². The van der Waals surface area contributed by atoms with Crippen LogP contribution in [0.5, 0.6) is 0 Å². The van der Waals surface area contributed by atoms with Crippen molar-refractivity contribution in [2.45, 2.75) is 17.2 Å². The van der Waals surface area contributed by atoms with Gasteiger partial charge in [-0.25, -0.2) is 8.42 Å². The molecule has 0 aliphatic rings. The predicted molar refractivity (Wildman–Crippen MR) is 92.0 cm³/mol. The summed E-state index contributed by atoms with van der Waals surface area (Å²) >= 11 is 5.75. The third-order valence-electron chi connectivity index (χ3n) is 3.36. The van der Waals surface area contributed by atoms with Crippen LogP contribution < -0.4 is 5.32 Å². The fourth-order valence-corrected chi connectivity index (χ4v) is 3.36. The summed E-state index contributed by atoms with van der Waals surface area (Å²) in [6.45, 7) is 0.252. The molecule has 2 aromatic heterocycles. The van der Waals surface area contributed by atoms with Crippen molar-refractivity contribution in [2.24, 2.45) is 0 Å². The van der Waals surface area contributed by atoms with Crippen molar-refractivity contribution in [3.8, 4) is 0 Å². The van der Waals surface area contributed by atoms with Gasteiger partial charge in [-0.3, -0.25) is 9.78 Å². The van der Waals surface area contributed by atoms with Gasteiger partial charge in [0.25, 0.3) is 0 Å². The van der Waals surface area contributed by atoms with Gasteiger partial charge >= 0.3 is 11.8 Å². The van der Waals surface area contributed by atoms with Gasteiger partial charge in [-0.05, 0) is 42.0 Å². The number of nitrogens with zero attached hydrogens (tertiary/aromatic N) is 3. The minimum Gasteiger partial charge on any atom is -0.344 e. The number of halogens is 1. The van der Waals surface area contributed by atoms with Crippen molar-refractivity contribution in [2.75, 3.05) is 0 Å². The normalized spacial score (nSPS) is 11.3. The fourth-order valence-electron chi connectivity index (χ4n) is 2.06. The van der Waals surface area contributed by atoms with Crippen LogP contribution in [0, 0.1) is 0 Å². The van der Waals surface area contributed by atoms with Crippen LogP contribution in [0.3, 0.4) is 0 Å². The van der Waals surface area contributed by atoms with Crippen molar-refractivity contribution >= 4 is 27.3 Å². The standard InChI is InChI=1S/C16H13ClN4O4S/c17-12-1-3-13(4-2-12)26(23,24)10-14-20-16(25-21-14)15(22)19-9-11-5-7-18-8-6-11/h1-8H,9-10H2,(H,19,22). The minimum atomic E-state index is -3.68. The molecular weight excluding hydrogens is 380 g/mol. The maximum absolute atomic E-state index is 12.3. The molecule has 0 atom stereocenters. The Balaban J connectivity index is 1.65. The van der Waals surface area contributed by atoms with Crippen molar-refractivity contribution in [1.82, 2.24) is 20.4 Å². The van der Waals surface area contributed by atoms with Gasteiger partial charge in [0, 0.05) is 24.0 Å². The largest absolute Gasteiger partial charge is 0.344 e. The quantitative estimate of drug-likeness (QED) is 0.682. The molecule has 3 aromatic rings. The number of amides is 1. The Labute approximate surface area is 154 Å². The maximum atomic E-state index is 12.3. The molecule has 26 heavy (non-hydrogen) atoms. The van der Waals surface area contributed by atoms with E-state index in [1.807, 2.05) is 0 Å². The Bertz CT molecular complexity index is 1000. The molecule has 0 saturated heterocycles. The second-order valence-corrected chi connectivity index (χ2v) is 7.69. The molecule has 0 fully saturated rings. The summed E-state index contributed by atoms with van der Waals surface area (Å²) in [4.78, 5) is 19.8. The number of rotatable bonds is 6. The molecule has 10 heteroatoms. The fraction of sp³-hybridized carbons (Fsp3) is 0.125. The van der Waals surface area contributed by atoms with Gasteiger partial charge in [0.05, 0.1) is 4.90 Å². The second-order valence-electron chi connectivity index (χ2n) is 5.27. The monoisotopic (exact) mass is 392 g/mol. The Hall–Kier alpha value is -2.78. The Morgan fingerprint density at radius 1 is 1.12 bits per heavy atom. The Morgan fingerprint density at radius 2 is 1.81 bits per heavy atom. The van der Waals surface area contributed by atoms with E-state index < -0.39 is 21.5 Å². The van der Waals surface area contributed by atoms with E-state index in [-0.39, 0.29) is 23.2 Å². The van der Waals surface area contributed by atoms with Crippen LogP contribution in [0.4, 0.5) is 0 Å². The van der Waals surface area contributed by atoms with Gasteiger partial charge in [0.15, 0.2) is 15.7 Å². The molecule has 1 aromatic carbocycles. The van der Waals surface area contributed by atoms with Crippen molar-refractivity contribution in [1.29, 1.82) is 0 Å². The van der Waals surface area contributed by atoms with Crippen LogP contribution in [-0.4, -0.2) is 29.4 Å². The highest BCUT2D eigenvalue weighted by atomic mass is 35.5. The van der Waals surface area contributed by atoms with E-state index in [1.165, 1.54) is 24.3 Å². The molecule has 1 amide bonds. The number of aromatic nitrogens is 3. The Morgan fingerprint density at radius 3 is 2.50 bits per heavy atom.